The first-order valence-corrected chi connectivity index (χ1v) is 8.77. The molecular formula is C20H18BrNO3. The molecule has 4 nitrogen and oxygen atoms in total. The number of fused-ring (bicyclic) bond motifs is 1. The molecule has 0 atom stereocenters. The van der Waals surface area contributed by atoms with Gasteiger partial charge in [0.15, 0.2) is 6.61 Å². The molecule has 0 fully saturated rings. The van der Waals surface area contributed by atoms with Crippen LogP contribution < -0.4 is 14.8 Å². The summed E-state index contributed by atoms with van der Waals surface area (Å²) >= 11 is 3.35. The van der Waals surface area contributed by atoms with E-state index in [1.807, 2.05) is 48.5 Å². The Morgan fingerprint density at radius 2 is 1.60 bits per heavy atom. The van der Waals surface area contributed by atoms with Crippen LogP contribution in [0.4, 0.5) is 0 Å². The van der Waals surface area contributed by atoms with E-state index in [-0.39, 0.29) is 12.5 Å². The number of ether oxygens (including phenoxy) is 2. The molecule has 0 bridgehead atoms. The molecule has 0 aliphatic rings. The van der Waals surface area contributed by atoms with Gasteiger partial charge in [-0.3, -0.25) is 4.79 Å². The molecule has 25 heavy (non-hydrogen) atoms. The summed E-state index contributed by atoms with van der Waals surface area (Å²) in [7, 11) is 0. The van der Waals surface area contributed by atoms with Crippen molar-refractivity contribution in [2.45, 2.75) is 0 Å². The number of carbonyl (C=O) groups is 1. The van der Waals surface area contributed by atoms with Crippen molar-refractivity contribution >= 4 is 32.6 Å². The second kappa shape index (κ2) is 8.53. The molecule has 0 aliphatic carbocycles. The van der Waals surface area contributed by atoms with Crippen LogP contribution in [0.2, 0.25) is 0 Å². The summed E-state index contributed by atoms with van der Waals surface area (Å²) in [6.07, 6.45) is 0. The standard InChI is InChI=1S/C20H18BrNO3/c21-17-6-9-18(10-7-17)25-14-20(23)22-11-12-24-19-8-5-15-3-1-2-4-16(15)13-19/h1-10,13H,11-12,14H2,(H,22,23). The van der Waals surface area contributed by atoms with E-state index < -0.39 is 0 Å². The fourth-order valence-corrected chi connectivity index (χ4v) is 2.61. The minimum Gasteiger partial charge on any atom is -0.492 e. The highest BCUT2D eigenvalue weighted by Crippen LogP contribution is 2.20. The third-order valence-electron chi connectivity index (χ3n) is 3.60. The molecule has 1 amide bonds. The van der Waals surface area contributed by atoms with Crippen LogP contribution in [0.1, 0.15) is 0 Å². The van der Waals surface area contributed by atoms with Crippen molar-refractivity contribution in [2.75, 3.05) is 19.8 Å². The first kappa shape index (κ1) is 17.3. The van der Waals surface area contributed by atoms with Crippen molar-refractivity contribution in [1.29, 1.82) is 0 Å². The van der Waals surface area contributed by atoms with Gasteiger partial charge < -0.3 is 14.8 Å². The summed E-state index contributed by atoms with van der Waals surface area (Å²) in [6.45, 7) is 0.815. The van der Waals surface area contributed by atoms with Crippen LogP contribution in [0.5, 0.6) is 11.5 Å². The van der Waals surface area contributed by atoms with Crippen LogP contribution in [0.15, 0.2) is 71.2 Å². The third kappa shape index (κ3) is 5.22. The SMILES string of the molecule is O=C(COc1ccc(Br)cc1)NCCOc1ccc2ccccc2c1. The summed E-state index contributed by atoms with van der Waals surface area (Å²) in [5, 5.41) is 5.08. The number of halogens is 1. The van der Waals surface area contributed by atoms with Gasteiger partial charge in [0.25, 0.3) is 5.91 Å². The van der Waals surface area contributed by atoms with Gasteiger partial charge >= 0.3 is 0 Å². The maximum atomic E-state index is 11.8. The van der Waals surface area contributed by atoms with E-state index in [1.165, 1.54) is 5.39 Å². The number of carbonyl (C=O) groups excluding carboxylic acids is 1. The maximum absolute atomic E-state index is 11.8. The maximum Gasteiger partial charge on any atom is 0.258 e. The van der Waals surface area contributed by atoms with Gasteiger partial charge in [-0.25, -0.2) is 0 Å². The molecule has 3 aromatic carbocycles. The number of hydrogen-bond donors (Lipinski definition) is 1. The van der Waals surface area contributed by atoms with Gasteiger partial charge in [0.1, 0.15) is 18.1 Å². The van der Waals surface area contributed by atoms with Gasteiger partial charge in [0, 0.05) is 4.47 Å². The summed E-state index contributed by atoms with van der Waals surface area (Å²) in [5.74, 6) is 1.27. The Kier molecular flexibility index (Phi) is 5.90. The molecule has 0 spiro atoms. The van der Waals surface area contributed by atoms with Crippen molar-refractivity contribution in [3.05, 3.63) is 71.2 Å². The zero-order valence-electron chi connectivity index (χ0n) is 13.6. The van der Waals surface area contributed by atoms with Crippen molar-refractivity contribution in [1.82, 2.24) is 5.32 Å². The molecule has 0 radical (unpaired) electrons. The van der Waals surface area contributed by atoms with Crippen LogP contribution >= 0.6 is 15.9 Å². The number of nitrogens with one attached hydrogen (secondary N) is 1. The fraction of sp³-hybridized carbons (Fsp3) is 0.150. The van der Waals surface area contributed by atoms with Crippen LogP contribution in [0.3, 0.4) is 0 Å². The van der Waals surface area contributed by atoms with E-state index in [2.05, 4.69) is 27.3 Å². The molecule has 0 saturated heterocycles. The Morgan fingerprint density at radius 3 is 2.40 bits per heavy atom. The lowest BCUT2D eigenvalue weighted by Crippen LogP contribution is -2.32. The summed E-state index contributed by atoms with van der Waals surface area (Å²) in [6, 6.07) is 21.4. The average Bonchev–Trinajstić information content (AvgIpc) is 2.64. The number of rotatable bonds is 7. The van der Waals surface area contributed by atoms with Gasteiger partial charge in [0.05, 0.1) is 6.54 Å². The predicted octanol–water partition coefficient (Wildman–Crippen LogP) is 4.18. The molecule has 128 valence electrons. The van der Waals surface area contributed by atoms with Crippen molar-refractivity contribution in [3.8, 4) is 11.5 Å². The zero-order valence-corrected chi connectivity index (χ0v) is 15.2. The average molecular weight is 400 g/mol. The molecule has 0 unspecified atom stereocenters. The zero-order chi connectivity index (χ0) is 17.5. The van der Waals surface area contributed by atoms with E-state index in [4.69, 9.17) is 9.47 Å². The minimum atomic E-state index is -0.176. The molecular weight excluding hydrogens is 382 g/mol. The topological polar surface area (TPSA) is 47.6 Å². The van der Waals surface area contributed by atoms with Gasteiger partial charge in [-0.05, 0) is 47.2 Å². The second-order valence-corrected chi connectivity index (χ2v) is 6.37. The Labute approximate surface area is 154 Å². The fourth-order valence-electron chi connectivity index (χ4n) is 2.35. The molecule has 0 aliphatic heterocycles. The Balaban J connectivity index is 1.38. The highest BCUT2D eigenvalue weighted by Gasteiger charge is 2.03. The van der Waals surface area contributed by atoms with Crippen molar-refractivity contribution in [3.63, 3.8) is 0 Å². The van der Waals surface area contributed by atoms with Crippen molar-refractivity contribution in [2.24, 2.45) is 0 Å². The predicted molar refractivity (Wildman–Crippen MR) is 102 cm³/mol. The lowest BCUT2D eigenvalue weighted by molar-refractivity contribution is -0.123. The first-order valence-electron chi connectivity index (χ1n) is 7.97. The third-order valence-corrected chi connectivity index (χ3v) is 4.13. The number of amides is 1. The molecule has 0 heterocycles. The molecule has 3 rings (SSSR count). The normalized spacial score (nSPS) is 10.4. The lowest BCUT2D eigenvalue weighted by Gasteiger charge is -2.09. The lowest BCUT2D eigenvalue weighted by atomic mass is 10.1. The minimum absolute atomic E-state index is 0.0163. The van der Waals surface area contributed by atoms with E-state index in [9.17, 15) is 4.79 Å². The van der Waals surface area contributed by atoms with Crippen LogP contribution in [0, 0.1) is 0 Å². The highest BCUT2D eigenvalue weighted by atomic mass is 79.9. The summed E-state index contributed by atoms with van der Waals surface area (Å²) in [4.78, 5) is 11.8. The quantitative estimate of drug-likeness (QED) is 0.606. The van der Waals surface area contributed by atoms with Crippen LogP contribution in [0.25, 0.3) is 10.8 Å². The van der Waals surface area contributed by atoms with Crippen molar-refractivity contribution < 1.29 is 14.3 Å². The molecule has 3 aromatic rings. The van der Waals surface area contributed by atoms with Gasteiger partial charge in [-0.15, -0.1) is 0 Å². The van der Waals surface area contributed by atoms with E-state index in [0.29, 0.717) is 18.9 Å². The Bertz CT molecular complexity index is 849. The summed E-state index contributed by atoms with van der Waals surface area (Å²) < 4.78 is 12.1. The second-order valence-electron chi connectivity index (χ2n) is 5.45. The molecule has 1 N–H and O–H groups in total. The molecule has 0 saturated carbocycles. The van der Waals surface area contributed by atoms with Crippen LogP contribution in [-0.2, 0) is 4.79 Å². The highest BCUT2D eigenvalue weighted by molar-refractivity contribution is 9.10. The number of benzene rings is 3. The number of hydrogen-bond acceptors (Lipinski definition) is 3. The van der Waals surface area contributed by atoms with Gasteiger partial charge in [-0.2, -0.15) is 0 Å². The monoisotopic (exact) mass is 399 g/mol. The Hall–Kier alpha value is -2.53. The van der Waals surface area contributed by atoms with E-state index >= 15 is 0 Å². The molecule has 0 aromatic heterocycles. The first-order chi connectivity index (χ1) is 12.2. The largest absolute Gasteiger partial charge is 0.492 e. The van der Waals surface area contributed by atoms with Gasteiger partial charge in [0.2, 0.25) is 0 Å². The summed E-state index contributed by atoms with van der Waals surface area (Å²) in [5.41, 5.74) is 0. The Morgan fingerprint density at radius 1 is 0.880 bits per heavy atom. The van der Waals surface area contributed by atoms with E-state index in [0.717, 1.165) is 15.6 Å². The van der Waals surface area contributed by atoms with E-state index in [1.54, 1.807) is 12.1 Å². The van der Waals surface area contributed by atoms with Crippen LogP contribution in [-0.4, -0.2) is 25.7 Å². The molecule has 5 heteroatoms. The van der Waals surface area contributed by atoms with Gasteiger partial charge in [-0.1, -0.05) is 46.3 Å². The smallest absolute Gasteiger partial charge is 0.258 e.